The van der Waals surface area contributed by atoms with Gasteiger partial charge in [0.15, 0.2) is 0 Å². The highest BCUT2D eigenvalue weighted by atomic mass is 16.4. The number of carboxylic acids is 1. The Labute approximate surface area is 157 Å². The minimum Gasteiger partial charge on any atom is -0.478 e. The first-order valence-electron chi connectivity index (χ1n) is 8.52. The SMILES string of the molecule is C/C(=C\c1ccccc1)C(=O)Nc1cc(-c2ccccc2)ccc1C(=O)O. The monoisotopic (exact) mass is 357 g/mol. The summed E-state index contributed by atoms with van der Waals surface area (Å²) in [5, 5.41) is 12.2. The Morgan fingerprint density at radius 1 is 0.852 bits per heavy atom. The van der Waals surface area contributed by atoms with E-state index in [2.05, 4.69) is 5.32 Å². The molecule has 0 fully saturated rings. The number of rotatable bonds is 5. The molecule has 4 heteroatoms. The molecule has 0 aliphatic carbocycles. The van der Waals surface area contributed by atoms with E-state index in [1.54, 1.807) is 25.1 Å². The zero-order chi connectivity index (χ0) is 19.2. The fourth-order valence-corrected chi connectivity index (χ4v) is 2.73. The molecule has 134 valence electrons. The number of nitrogens with one attached hydrogen (secondary N) is 1. The summed E-state index contributed by atoms with van der Waals surface area (Å²) in [5.74, 6) is -1.43. The molecular weight excluding hydrogens is 338 g/mol. The average Bonchev–Trinajstić information content (AvgIpc) is 2.69. The number of benzene rings is 3. The van der Waals surface area contributed by atoms with Crippen LogP contribution in [-0.2, 0) is 4.79 Å². The molecule has 0 bridgehead atoms. The first kappa shape index (κ1) is 18.1. The van der Waals surface area contributed by atoms with Crippen LogP contribution in [0.15, 0.2) is 84.4 Å². The van der Waals surface area contributed by atoms with E-state index in [1.807, 2.05) is 60.7 Å². The Hall–Kier alpha value is -3.66. The van der Waals surface area contributed by atoms with Crippen molar-refractivity contribution in [2.75, 3.05) is 5.32 Å². The lowest BCUT2D eigenvalue weighted by Crippen LogP contribution is -2.15. The maximum Gasteiger partial charge on any atom is 0.337 e. The van der Waals surface area contributed by atoms with Crippen molar-refractivity contribution in [1.29, 1.82) is 0 Å². The minimum atomic E-state index is -1.09. The van der Waals surface area contributed by atoms with E-state index in [-0.39, 0.29) is 17.2 Å². The molecule has 0 saturated heterocycles. The standard InChI is InChI=1S/C23H19NO3/c1-16(14-17-8-4-2-5-9-17)22(25)24-21-15-19(12-13-20(21)23(26)27)18-10-6-3-7-11-18/h2-15H,1H3,(H,24,25)(H,26,27)/b16-14+. The van der Waals surface area contributed by atoms with Crippen molar-refractivity contribution in [1.82, 2.24) is 0 Å². The lowest BCUT2D eigenvalue weighted by molar-refractivity contribution is -0.112. The fourth-order valence-electron chi connectivity index (χ4n) is 2.73. The molecule has 3 aromatic rings. The van der Waals surface area contributed by atoms with Crippen LogP contribution in [0, 0.1) is 0 Å². The van der Waals surface area contributed by atoms with Gasteiger partial charge < -0.3 is 10.4 Å². The summed E-state index contributed by atoms with van der Waals surface area (Å²) in [6, 6.07) is 24.0. The summed E-state index contributed by atoms with van der Waals surface area (Å²) in [6.07, 6.45) is 1.76. The zero-order valence-corrected chi connectivity index (χ0v) is 14.8. The molecule has 2 N–H and O–H groups in total. The van der Waals surface area contributed by atoms with E-state index in [9.17, 15) is 14.7 Å². The maximum absolute atomic E-state index is 12.6. The quantitative estimate of drug-likeness (QED) is 0.625. The van der Waals surface area contributed by atoms with E-state index in [0.29, 0.717) is 5.57 Å². The molecule has 4 nitrogen and oxygen atoms in total. The number of aromatic carboxylic acids is 1. The van der Waals surface area contributed by atoms with E-state index in [1.165, 1.54) is 6.07 Å². The molecule has 3 aromatic carbocycles. The Morgan fingerprint density at radius 3 is 2.11 bits per heavy atom. The number of hydrogen-bond donors (Lipinski definition) is 2. The molecule has 0 heterocycles. The van der Waals surface area contributed by atoms with E-state index >= 15 is 0 Å². The molecule has 0 spiro atoms. The zero-order valence-electron chi connectivity index (χ0n) is 14.8. The predicted octanol–water partition coefficient (Wildman–Crippen LogP) is 5.09. The van der Waals surface area contributed by atoms with Crippen LogP contribution in [-0.4, -0.2) is 17.0 Å². The highest BCUT2D eigenvalue weighted by molar-refractivity contribution is 6.09. The van der Waals surface area contributed by atoms with E-state index in [4.69, 9.17) is 0 Å². The summed E-state index contributed by atoms with van der Waals surface area (Å²) in [7, 11) is 0. The van der Waals surface area contributed by atoms with Crippen molar-refractivity contribution in [3.63, 3.8) is 0 Å². The molecule has 3 rings (SSSR count). The van der Waals surface area contributed by atoms with Crippen molar-refractivity contribution in [2.45, 2.75) is 6.92 Å². The molecular formula is C23H19NO3. The van der Waals surface area contributed by atoms with Crippen LogP contribution in [0.5, 0.6) is 0 Å². The molecule has 0 unspecified atom stereocenters. The topological polar surface area (TPSA) is 66.4 Å². The Balaban J connectivity index is 1.91. The Bertz CT molecular complexity index is 993. The second kappa shape index (κ2) is 8.15. The van der Waals surface area contributed by atoms with Gasteiger partial charge in [0.1, 0.15) is 0 Å². The van der Waals surface area contributed by atoms with Gasteiger partial charge in [0.05, 0.1) is 11.3 Å². The highest BCUT2D eigenvalue weighted by Crippen LogP contribution is 2.26. The molecule has 27 heavy (non-hydrogen) atoms. The van der Waals surface area contributed by atoms with Gasteiger partial charge in [-0.2, -0.15) is 0 Å². The molecule has 0 aliphatic heterocycles. The number of anilines is 1. The van der Waals surface area contributed by atoms with Crippen LogP contribution in [0.3, 0.4) is 0 Å². The van der Waals surface area contributed by atoms with Crippen LogP contribution in [0.4, 0.5) is 5.69 Å². The van der Waals surface area contributed by atoms with Gasteiger partial charge in [-0.25, -0.2) is 4.79 Å². The normalized spacial score (nSPS) is 11.1. The lowest BCUT2D eigenvalue weighted by Gasteiger charge is -2.11. The second-order valence-electron chi connectivity index (χ2n) is 6.12. The van der Waals surface area contributed by atoms with E-state index in [0.717, 1.165) is 16.7 Å². The van der Waals surface area contributed by atoms with Crippen LogP contribution in [0.2, 0.25) is 0 Å². The Morgan fingerprint density at radius 2 is 1.48 bits per heavy atom. The molecule has 0 atom stereocenters. The number of carbonyl (C=O) groups is 2. The Kier molecular flexibility index (Phi) is 5.47. The number of amides is 1. The number of carbonyl (C=O) groups excluding carboxylic acids is 1. The summed E-state index contributed by atoms with van der Waals surface area (Å²) >= 11 is 0. The average molecular weight is 357 g/mol. The molecule has 1 amide bonds. The highest BCUT2D eigenvalue weighted by Gasteiger charge is 2.15. The van der Waals surface area contributed by atoms with Gasteiger partial charge in [0.2, 0.25) is 0 Å². The number of hydrogen-bond acceptors (Lipinski definition) is 2. The summed E-state index contributed by atoms with van der Waals surface area (Å²) < 4.78 is 0. The van der Waals surface area contributed by atoms with Gasteiger partial charge in [0.25, 0.3) is 5.91 Å². The predicted molar refractivity (Wildman–Crippen MR) is 108 cm³/mol. The van der Waals surface area contributed by atoms with Gasteiger partial charge >= 0.3 is 5.97 Å². The van der Waals surface area contributed by atoms with Gasteiger partial charge in [-0.15, -0.1) is 0 Å². The third kappa shape index (κ3) is 4.50. The first-order valence-corrected chi connectivity index (χ1v) is 8.52. The molecule has 0 aliphatic rings. The van der Waals surface area contributed by atoms with Crippen molar-refractivity contribution < 1.29 is 14.7 Å². The van der Waals surface area contributed by atoms with Crippen molar-refractivity contribution >= 4 is 23.6 Å². The summed E-state index contributed by atoms with van der Waals surface area (Å²) in [5.41, 5.74) is 3.50. The van der Waals surface area contributed by atoms with Crippen LogP contribution >= 0.6 is 0 Å². The summed E-state index contributed by atoms with van der Waals surface area (Å²) in [6.45, 7) is 1.70. The van der Waals surface area contributed by atoms with Crippen LogP contribution in [0.25, 0.3) is 17.2 Å². The maximum atomic E-state index is 12.6. The third-order valence-electron chi connectivity index (χ3n) is 4.15. The van der Waals surface area contributed by atoms with Crippen molar-refractivity contribution in [3.05, 3.63) is 95.6 Å². The van der Waals surface area contributed by atoms with Crippen LogP contribution in [0.1, 0.15) is 22.8 Å². The van der Waals surface area contributed by atoms with Gasteiger partial charge in [-0.3, -0.25) is 4.79 Å². The number of carboxylic acid groups (broad SMARTS) is 1. The molecule has 0 aromatic heterocycles. The lowest BCUT2D eigenvalue weighted by atomic mass is 10.0. The van der Waals surface area contributed by atoms with Gasteiger partial charge in [0, 0.05) is 5.57 Å². The van der Waals surface area contributed by atoms with Gasteiger partial charge in [-0.05, 0) is 41.8 Å². The third-order valence-corrected chi connectivity index (χ3v) is 4.15. The molecule has 0 radical (unpaired) electrons. The fraction of sp³-hybridized carbons (Fsp3) is 0.0435. The van der Waals surface area contributed by atoms with Crippen LogP contribution < -0.4 is 5.32 Å². The molecule has 0 saturated carbocycles. The smallest absolute Gasteiger partial charge is 0.337 e. The largest absolute Gasteiger partial charge is 0.478 e. The second-order valence-corrected chi connectivity index (χ2v) is 6.12. The van der Waals surface area contributed by atoms with Crippen molar-refractivity contribution in [2.24, 2.45) is 0 Å². The van der Waals surface area contributed by atoms with Gasteiger partial charge in [-0.1, -0.05) is 66.7 Å². The van der Waals surface area contributed by atoms with E-state index < -0.39 is 5.97 Å². The first-order chi connectivity index (χ1) is 13.0. The summed E-state index contributed by atoms with van der Waals surface area (Å²) in [4.78, 5) is 24.1. The minimum absolute atomic E-state index is 0.0514. The van der Waals surface area contributed by atoms with Crippen molar-refractivity contribution in [3.8, 4) is 11.1 Å².